The smallest absolute Gasteiger partial charge is 0.387 e. The van der Waals surface area contributed by atoms with Crippen LogP contribution in [0.4, 0.5) is 19.1 Å². The highest BCUT2D eigenvalue weighted by Gasteiger charge is 2.25. The molecule has 3 aromatic rings. The van der Waals surface area contributed by atoms with Crippen LogP contribution < -0.4 is 14.8 Å². The molecule has 0 fully saturated rings. The Labute approximate surface area is 157 Å². The summed E-state index contributed by atoms with van der Waals surface area (Å²) in [6, 6.07) is 10.1. The Morgan fingerprint density at radius 3 is 2.61 bits per heavy atom. The number of halogens is 3. The number of aromatic nitrogens is 4. The first-order valence-electron chi connectivity index (χ1n) is 8.20. The fraction of sp³-hybridized carbons (Fsp3) is 0.167. The minimum absolute atomic E-state index is 0.0742. The van der Waals surface area contributed by atoms with Crippen LogP contribution in [0.25, 0.3) is 5.70 Å². The summed E-state index contributed by atoms with van der Waals surface area (Å²) in [5.41, 5.74) is 2.11. The average molecular weight is 389 g/mol. The summed E-state index contributed by atoms with van der Waals surface area (Å²) in [7, 11) is 1.36. The van der Waals surface area contributed by atoms with E-state index in [-0.39, 0.29) is 17.3 Å². The van der Waals surface area contributed by atoms with Gasteiger partial charge in [0, 0.05) is 5.70 Å². The first kappa shape index (κ1) is 17.8. The van der Waals surface area contributed by atoms with Gasteiger partial charge >= 0.3 is 6.61 Å². The quantitative estimate of drug-likeness (QED) is 0.720. The van der Waals surface area contributed by atoms with Crippen LogP contribution >= 0.6 is 0 Å². The van der Waals surface area contributed by atoms with Crippen molar-refractivity contribution in [3.05, 3.63) is 65.5 Å². The van der Waals surface area contributed by atoms with Gasteiger partial charge in [-0.1, -0.05) is 11.2 Å². The topological polar surface area (TPSA) is 74.1 Å². The second-order valence-corrected chi connectivity index (χ2v) is 5.89. The maximum atomic E-state index is 13.2. The standard InChI is InChI=1S/C18H14F3N5O2/c1-27-16-8-11(4-7-15(16)28-17(20)21)14-9-13(10-2-5-12(19)6-3-10)22-18-23-24-25-26(14)18/h2-9,14,17H,1H3,(H,22,23,25). The van der Waals surface area contributed by atoms with E-state index in [1.807, 2.05) is 6.08 Å². The second kappa shape index (κ2) is 7.22. The molecule has 0 bridgehead atoms. The van der Waals surface area contributed by atoms with Gasteiger partial charge in [-0.2, -0.15) is 13.5 Å². The van der Waals surface area contributed by atoms with E-state index < -0.39 is 12.7 Å². The Morgan fingerprint density at radius 2 is 1.89 bits per heavy atom. The lowest BCUT2D eigenvalue weighted by molar-refractivity contribution is -0.0512. The summed E-state index contributed by atoms with van der Waals surface area (Å²) in [6.07, 6.45) is 1.85. The average Bonchev–Trinajstić information content (AvgIpc) is 3.16. The molecule has 1 aromatic heterocycles. The van der Waals surface area contributed by atoms with E-state index in [0.29, 0.717) is 17.2 Å². The van der Waals surface area contributed by atoms with Gasteiger partial charge in [0.25, 0.3) is 0 Å². The van der Waals surface area contributed by atoms with Crippen molar-refractivity contribution in [2.45, 2.75) is 12.7 Å². The number of alkyl halides is 2. The predicted octanol–water partition coefficient (Wildman–Crippen LogP) is 3.48. The molecule has 10 heteroatoms. The first-order valence-corrected chi connectivity index (χ1v) is 8.20. The molecule has 1 N–H and O–H groups in total. The van der Waals surface area contributed by atoms with Gasteiger partial charge in [0.05, 0.1) is 7.11 Å². The Hall–Kier alpha value is -3.56. The van der Waals surface area contributed by atoms with E-state index in [2.05, 4.69) is 25.6 Å². The summed E-state index contributed by atoms with van der Waals surface area (Å²) in [5.74, 6) is 0.122. The van der Waals surface area contributed by atoms with E-state index in [4.69, 9.17) is 4.74 Å². The Balaban J connectivity index is 1.76. The van der Waals surface area contributed by atoms with Crippen molar-refractivity contribution in [3.8, 4) is 11.5 Å². The summed E-state index contributed by atoms with van der Waals surface area (Å²) >= 11 is 0. The van der Waals surface area contributed by atoms with Crippen molar-refractivity contribution < 1.29 is 22.6 Å². The van der Waals surface area contributed by atoms with E-state index >= 15 is 0 Å². The Kier molecular flexibility index (Phi) is 4.60. The highest BCUT2D eigenvalue weighted by molar-refractivity contribution is 5.77. The van der Waals surface area contributed by atoms with Gasteiger partial charge in [0.15, 0.2) is 11.5 Å². The lowest BCUT2D eigenvalue weighted by atomic mass is 10.0. The third-order valence-corrected chi connectivity index (χ3v) is 4.23. The van der Waals surface area contributed by atoms with Gasteiger partial charge in [-0.15, -0.1) is 0 Å². The molecule has 0 saturated carbocycles. The largest absolute Gasteiger partial charge is 0.493 e. The number of rotatable bonds is 5. The third kappa shape index (κ3) is 3.36. The van der Waals surface area contributed by atoms with E-state index in [9.17, 15) is 13.2 Å². The van der Waals surface area contributed by atoms with E-state index in [0.717, 1.165) is 5.56 Å². The highest BCUT2D eigenvalue weighted by atomic mass is 19.3. The predicted molar refractivity (Wildman–Crippen MR) is 93.6 cm³/mol. The molecule has 144 valence electrons. The van der Waals surface area contributed by atoms with Gasteiger partial charge in [-0.05, 0) is 64.0 Å². The molecule has 1 aliphatic heterocycles. The van der Waals surface area contributed by atoms with Crippen LogP contribution in [0.15, 0.2) is 48.5 Å². The number of methoxy groups -OCH3 is 1. The number of nitrogens with zero attached hydrogens (tertiary/aromatic N) is 4. The van der Waals surface area contributed by atoms with Gasteiger partial charge in [0.2, 0.25) is 5.95 Å². The number of hydrogen-bond donors (Lipinski definition) is 1. The molecule has 4 rings (SSSR count). The molecular weight excluding hydrogens is 375 g/mol. The zero-order valence-electron chi connectivity index (χ0n) is 14.5. The van der Waals surface area contributed by atoms with Gasteiger partial charge in [-0.3, -0.25) is 0 Å². The van der Waals surface area contributed by atoms with Crippen molar-refractivity contribution in [2.75, 3.05) is 12.4 Å². The number of tetrazole rings is 1. The van der Waals surface area contributed by atoms with Crippen molar-refractivity contribution in [2.24, 2.45) is 0 Å². The number of ether oxygens (including phenoxy) is 2. The van der Waals surface area contributed by atoms with Gasteiger partial charge in [0.1, 0.15) is 11.9 Å². The molecule has 0 aliphatic carbocycles. The minimum Gasteiger partial charge on any atom is -0.493 e. The minimum atomic E-state index is -2.96. The second-order valence-electron chi connectivity index (χ2n) is 5.89. The van der Waals surface area contributed by atoms with Crippen molar-refractivity contribution in [3.63, 3.8) is 0 Å². The van der Waals surface area contributed by atoms with E-state index in [1.165, 1.54) is 30.0 Å². The number of fused-ring (bicyclic) bond motifs is 1. The van der Waals surface area contributed by atoms with Gasteiger partial charge < -0.3 is 14.8 Å². The normalized spacial score (nSPS) is 15.6. The molecule has 7 nitrogen and oxygen atoms in total. The molecule has 0 spiro atoms. The van der Waals surface area contributed by atoms with Crippen molar-refractivity contribution in [1.29, 1.82) is 0 Å². The lowest BCUT2D eigenvalue weighted by Gasteiger charge is -2.24. The molecule has 28 heavy (non-hydrogen) atoms. The molecule has 0 radical (unpaired) electrons. The number of hydrogen-bond acceptors (Lipinski definition) is 6. The Bertz CT molecular complexity index is 1020. The number of benzene rings is 2. The number of nitrogens with one attached hydrogen (secondary N) is 1. The third-order valence-electron chi connectivity index (χ3n) is 4.23. The number of anilines is 1. The summed E-state index contributed by atoms with van der Waals surface area (Å²) in [4.78, 5) is 0. The zero-order chi connectivity index (χ0) is 19.7. The molecule has 0 amide bonds. The van der Waals surface area contributed by atoms with Crippen LogP contribution in [-0.4, -0.2) is 33.9 Å². The summed E-state index contributed by atoms with van der Waals surface area (Å²) < 4.78 is 49.5. The molecule has 1 atom stereocenters. The van der Waals surface area contributed by atoms with Crippen molar-refractivity contribution in [1.82, 2.24) is 20.2 Å². The van der Waals surface area contributed by atoms with E-state index in [1.54, 1.807) is 24.3 Å². The van der Waals surface area contributed by atoms with Crippen LogP contribution in [0, 0.1) is 5.82 Å². The summed E-state index contributed by atoms with van der Waals surface area (Å²) in [6.45, 7) is -2.96. The van der Waals surface area contributed by atoms with Crippen LogP contribution in [0.3, 0.4) is 0 Å². The fourth-order valence-electron chi connectivity index (χ4n) is 2.95. The maximum Gasteiger partial charge on any atom is 0.387 e. The summed E-state index contributed by atoms with van der Waals surface area (Å²) in [5, 5.41) is 14.7. The van der Waals surface area contributed by atoms with Crippen molar-refractivity contribution >= 4 is 11.6 Å². The molecule has 0 saturated heterocycles. The fourth-order valence-corrected chi connectivity index (χ4v) is 2.95. The monoisotopic (exact) mass is 389 g/mol. The number of allylic oxidation sites excluding steroid dienone is 1. The highest BCUT2D eigenvalue weighted by Crippen LogP contribution is 2.36. The van der Waals surface area contributed by atoms with Gasteiger partial charge in [-0.25, -0.2) is 4.39 Å². The molecule has 1 aliphatic rings. The SMILES string of the molecule is COc1cc(C2C=C(c3ccc(F)cc3)Nc3nnnn32)ccc1OC(F)F. The zero-order valence-corrected chi connectivity index (χ0v) is 14.5. The molecule has 2 aromatic carbocycles. The Morgan fingerprint density at radius 1 is 1.11 bits per heavy atom. The van der Waals surface area contributed by atoms with Crippen LogP contribution in [0.1, 0.15) is 17.2 Å². The molecular formula is C18H14F3N5O2. The lowest BCUT2D eigenvalue weighted by Crippen LogP contribution is -2.20. The molecule has 2 heterocycles. The first-order chi connectivity index (χ1) is 13.5. The maximum absolute atomic E-state index is 13.2. The molecule has 1 unspecified atom stereocenters. The van der Waals surface area contributed by atoms with Crippen LogP contribution in [0.2, 0.25) is 0 Å². The van der Waals surface area contributed by atoms with Crippen LogP contribution in [-0.2, 0) is 0 Å². The van der Waals surface area contributed by atoms with Crippen LogP contribution in [0.5, 0.6) is 11.5 Å².